The first-order valence-electron chi connectivity index (χ1n) is 8.83. The molecule has 0 fully saturated rings. The maximum absolute atomic E-state index is 12.5. The fourth-order valence-electron chi connectivity index (χ4n) is 2.42. The third-order valence-corrected chi connectivity index (χ3v) is 3.93. The molecule has 0 heterocycles. The van der Waals surface area contributed by atoms with Crippen molar-refractivity contribution in [3.8, 4) is 23.0 Å². The standard InChI is InChI=1S/C21H24O7/c1-5-6-11-27-20(22)14-7-9-16(10-8-14)28-21(23)15-12-17(24-2)19(26-4)18(13-15)25-3/h7-10,12-13H,5-6,11H2,1-4H3. The zero-order valence-electron chi connectivity index (χ0n) is 16.4. The van der Waals surface area contributed by atoms with E-state index in [9.17, 15) is 9.59 Å². The predicted molar refractivity (Wildman–Crippen MR) is 103 cm³/mol. The average Bonchev–Trinajstić information content (AvgIpc) is 2.73. The highest BCUT2D eigenvalue weighted by Gasteiger charge is 2.18. The van der Waals surface area contributed by atoms with Crippen LogP contribution in [-0.2, 0) is 4.74 Å². The SMILES string of the molecule is CCCCOC(=O)c1ccc(OC(=O)c2cc(OC)c(OC)c(OC)c2)cc1. The lowest BCUT2D eigenvalue weighted by Crippen LogP contribution is -2.10. The van der Waals surface area contributed by atoms with Crippen molar-refractivity contribution in [1.29, 1.82) is 0 Å². The monoisotopic (exact) mass is 388 g/mol. The van der Waals surface area contributed by atoms with Crippen molar-refractivity contribution in [3.63, 3.8) is 0 Å². The number of rotatable bonds is 9. The van der Waals surface area contributed by atoms with E-state index >= 15 is 0 Å². The number of benzene rings is 2. The Morgan fingerprint density at radius 1 is 0.821 bits per heavy atom. The maximum Gasteiger partial charge on any atom is 0.343 e. The van der Waals surface area contributed by atoms with Gasteiger partial charge >= 0.3 is 11.9 Å². The summed E-state index contributed by atoms with van der Waals surface area (Å²) in [7, 11) is 4.41. The molecule has 0 radical (unpaired) electrons. The Kier molecular flexibility index (Phi) is 7.68. The van der Waals surface area contributed by atoms with Crippen LogP contribution in [-0.4, -0.2) is 39.9 Å². The molecule has 0 amide bonds. The van der Waals surface area contributed by atoms with Gasteiger partial charge in [0.05, 0.1) is 39.1 Å². The summed E-state index contributed by atoms with van der Waals surface area (Å²) in [5.74, 6) is 0.364. The van der Waals surface area contributed by atoms with Gasteiger partial charge in [0, 0.05) is 0 Å². The second-order valence-electron chi connectivity index (χ2n) is 5.82. The average molecular weight is 388 g/mol. The van der Waals surface area contributed by atoms with E-state index in [0.717, 1.165) is 12.8 Å². The molecule has 0 bridgehead atoms. The van der Waals surface area contributed by atoms with Gasteiger partial charge in [-0.1, -0.05) is 13.3 Å². The summed E-state index contributed by atoms with van der Waals surface area (Å²) in [5, 5.41) is 0. The number of carbonyl (C=O) groups is 2. The molecule has 28 heavy (non-hydrogen) atoms. The first-order chi connectivity index (χ1) is 13.5. The van der Waals surface area contributed by atoms with Gasteiger partial charge in [-0.2, -0.15) is 0 Å². The lowest BCUT2D eigenvalue weighted by atomic mass is 10.1. The molecule has 0 aliphatic carbocycles. The fraction of sp³-hybridized carbons (Fsp3) is 0.333. The fourth-order valence-corrected chi connectivity index (χ4v) is 2.42. The molecule has 2 rings (SSSR count). The Morgan fingerprint density at radius 2 is 1.43 bits per heavy atom. The van der Waals surface area contributed by atoms with E-state index in [0.29, 0.717) is 35.2 Å². The van der Waals surface area contributed by atoms with E-state index in [2.05, 4.69) is 0 Å². The summed E-state index contributed by atoms with van der Waals surface area (Å²) < 4.78 is 26.2. The molecule has 0 atom stereocenters. The summed E-state index contributed by atoms with van der Waals surface area (Å²) in [5.41, 5.74) is 0.626. The molecule has 0 saturated heterocycles. The molecule has 0 N–H and O–H groups in total. The Labute approximate surface area is 164 Å². The summed E-state index contributed by atoms with van der Waals surface area (Å²) in [6.45, 7) is 2.40. The quantitative estimate of drug-likeness (QED) is 0.366. The number of carbonyl (C=O) groups excluding carboxylic acids is 2. The van der Waals surface area contributed by atoms with Crippen LogP contribution >= 0.6 is 0 Å². The molecule has 2 aromatic rings. The largest absolute Gasteiger partial charge is 0.493 e. The highest BCUT2D eigenvalue weighted by atomic mass is 16.5. The van der Waals surface area contributed by atoms with Crippen LogP contribution in [0.5, 0.6) is 23.0 Å². The van der Waals surface area contributed by atoms with Gasteiger partial charge in [-0.3, -0.25) is 0 Å². The third kappa shape index (κ3) is 5.16. The summed E-state index contributed by atoms with van der Waals surface area (Å²) in [6.07, 6.45) is 1.76. The van der Waals surface area contributed by atoms with Gasteiger partial charge in [0.25, 0.3) is 0 Å². The zero-order chi connectivity index (χ0) is 20.5. The van der Waals surface area contributed by atoms with Gasteiger partial charge in [0.1, 0.15) is 5.75 Å². The van der Waals surface area contributed by atoms with Crippen LogP contribution in [0.15, 0.2) is 36.4 Å². The van der Waals surface area contributed by atoms with Crippen LogP contribution in [0, 0.1) is 0 Å². The molecule has 7 nitrogen and oxygen atoms in total. The molecule has 2 aromatic carbocycles. The van der Waals surface area contributed by atoms with Crippen LogP contribution in [0.25, 0.3) is 0 Å². The van der Waals surface area contributed by atoms with Gasteiger partial charge in [0.15, 0.2) is 11.5 Å². The van der Waals surface area contributed by atoms with Crippen molar-refractivity contribution < 1.29 is 33.3 Å². The Bertz CT molecular complexity index is 787. The van der Waals surface area contributed by atoms with Crippen LogP contribution < -0.4 is 18.9 Å². The Hall–Kier alpha value is -3.22. The van der Waals surface area contributed by atoms with Crippen molar-refractivity contribution in [3.05, 3.63) is 47.5 Å². The summed E-state index contributed by atoms with van der Waals surface area (Å²) in [4.78, 5) is 24.4. The van der Waals surface area contributed by atoms with Crippen molar-refractivity contribution in [1.82, 2.24) is 0 Å². The van der Waals surface area contributed by atoms with Crippen molar-refractivity contribution in [2.75, 3.05) is 27.9 Å². The zero-order valence-corrected chi connectivity index (χ0v) is 16.4. The molecule has 0 aliphatic rings. The van der Waals surface area contributed by atoms with Crippen molar-refractivity contribution >= 4 is 11.9 Å². The van der Waals surface area contributed by atoms with E-state index < -0.39 is 11.9 Å². The van der Waals surface area contributed by atoms with Gasteiger partial charge in [-0.05, 0) is 42.8 Å². The molecular weight excluding hydrogens is 364 g/mol. The van der Waals surface area contributed by atoms with Crippen LogP contribution in [0.4, 0.5) is 0 Å². The highest BCUT2D eigenvalue weighted by molar-refractivity contribution is 5.93. The third-order valence-electron chi connectivity index (χ3n) is 3.93. The van der Waals surface area contributed by atoms with E-state index in [1.165, 1.54) is 45.6 Å². The van der Waals surface area contributed by atoms with E-state index in [-0.39, 0.29) is 5.56 Å². The molecular formula is C21H24O7. The van der Waals surface area contributed by atoms with Crippen molar-refractivity contribution in [2.24, 2.45) is 0 Å². The minimum Gasteiger partial charge on any atom is -0.493 e. The van der Waals surface area contributed by atoms with Crippen molar-refractivity contribution in [2.45, 2.75) is 19.8 Å². The number of esters is 2. The second kappa shape index (κ2) is 10.2. The number of hydrogen-bond donors (Lipinski definition) is 0. The van der Waals surface area contributed by atoms with Crippen LogP contribution in [0.1, 0.15) is 40.5 Å². The Morgan fingerprint density at radius 3 is 1.93 bits per heavy atom. The van der Waals surface area contributed by atoms with E-state index in [1.54, 1.807) is 12.1 Å². The van der Waals surface area contributed by atoms with Gasteiger partial charge < -0.3 is 23.7 Å². The van der Waals surface area contributed by atoms with Gasteiger partial charge in [-0.25, -0.2) is 9.59 Å². The molecule has 0 spiro atoms. The molecule has 0 unspecified atom stereocenters. The highest BCUT2D eigenvalue weighted by Crippen LogP contribution is 2.38. The van der Waals surface area contributed by atoms with Gasteiger partial charge in [0.2, 0.25) is 5.75 Å². The van der Waals surface area contributed by atoms with Gasteiger partial charge in [-0.15, -0.1) is 0 Å². The number of hydrogen-bond acceptors (Lipinski definition) is 7. The molecule has 7 heteroatoms. The number of ether oxygens (including phenoxy) is 5. The second-order valence-corrected chi connectivity index (χ2v) is 5.82. The first-order valence-corrected chi connectivity index (χ1v) is 8.83. The lowest BCUT2D eigenvalue weighted by molar-refractivity contribution is 0.0499. The van der Waals surface area contributed by atoms with Crippen LogP contribution in [0.3, 0.4) is 0 Å². The number of unbranched alkanes of at least 4 members (excludes halogenated alkanes) is 1. The molecule has 0 aliphatic heterocycles. The van der Waals surface area contributed by atoms with Crippen LogP contribution in [0.2, 0.25) is 0 Å². The van der Waals surface area contributed by atoms with E-state index in [4.69, 9.17) is 23.7 Å². The molecule has 0 aromatic heterocycles. The topological polar surface area (TPSA) is 80.3 Å². The lowest BCUT2D eigenvalue weighted by Gasteiger charge is -2.13. The first kappa shape index (κ1) is 21.1. The van der Waals surface area contributed by atoms with E-state index in [1.807, 2.05) is 6.92 Å². The molecule has 0 saturated carbocycles. The maximum atomic E-state index is 12.5. The summed E-state index contributed by atoms with van der Waals surface area (Å²) >= 11 is 0. The predicted octanol–water partition coefficient (Wildman–Crippen LogP) is 3.89. The number of methoxy groups -OCH3 is 3. The summed E-state index contributed by atoms with van der Waals surface area (Å²) in [6, 6.07) is 9.17. The minimum absolute atomic E-state index is 0.234. The Balaban J connectivity index is 2.11. The normalized spacial score (nSPS) is 10.1. The molecule has 150 valence electrons. The smallest absolute Gasteiger partial charge is 0.343 e. The minimum atomic E-state index is -0.600.